The number of hydrazine groups is 1. The lowest BCUT2D eigenvalue weighted by molar-refractivity contribution is 0.102. The Bertz CT molecular complexity index is 679. The highest BCUT2D eigenvalue weighted by Crippen LogP contribution is 2.27. The van der Waals surface area contributed by atoms with Crippen molar-refractivity contribution in [2.24, 2.45) is 5.84 Å². The van der Waals surface area contributed by atoms with Crippen molar-refractivity contribution in [3.63, 3.8) is 0 Å². The second-order valence-electron chi connectivity index (χ2n) is 3.97. The SMILES string of the molecule is COc1ccc(NC(=O)c2nc(NN)ccc2Cl)cc1Cl. The number of aromatic nitrogens is 1. The summed E-state index contributed by atoms with van der Waals surface area (Å²) < 4.78 is 5.04. The Morgan fingerprint density at radius 2 is 2.00 bits per heavy atom. The third-order valence-electron chi connectivity index (χ3n) is 2.62. The highest BCUT2D eigenvalue weighted by molar-refractivity contribution is 6.34. The summed E-state index contributed by atoms with van der Waals surface area (Å²) in [6.07, 6.45) is 0. The fraction of sp³-hybridized carbons (Fsp3) is 0.0769. The Morgan fingerprint density at radius 3 is 2.62 bits per heavy atom. The minimum absolute atomic E-state index is 0.0547. The fourth-order valence-corrected chi connectivity index (χ4v) is 2.06. The minimum Gasteiger partial charge on any atom is -0.495 e. The van der Waals surface area contributed by atoms with Gasteiger partial charge in [-0.05, 0) is 30.3 Å². The number of benzene rings is 1. The molecule has 0 aliphatic rings. The third-order valence-corrected chi connectivity index (χ3v) is 3.22. The molecule has 0 saturated carbocycles. The molecule has 1 aromatic heterocycles. The van der Waals surface area contributed by atoms with Crippen LogP contribution in [-0.4, -0.2) is 18.0 Å². The molecule has 21 heavy (non-hydrogen) atoms. The lowest BCUT2D eigenvalue weighted by Gasteiger charge is -2.09. The zero-order valence-electron chi connectivity index (χ0n) is 11.0. The molecule has 0 spiro atoms. The van der Waals surface area contributed by atoms with E-state index in [1.54, 1.807) is 24.3 Å². The molecular weight excluding hydrogens is 315 g/mol. The molecule has 2 rings (SSSR count). The average Bonchev–Trinajstić information content (AvgIpc) is 2.48. The molecule has 0 fully saturated rings. The van der Waals surface area contributed by atoms with Gasteiger partial charge in [-0.15, -0.1) is 0 Å². The number of methoxy groups -OCH3 is 1. The number of nitrogens with one attached hydrogen (secondary N) is 2. The van der Waals surface area contributed by atoms with Gasteiger partial charge in [-0.2, -0.15) is 0 Å². The lowest BCUT2D eigenvalue weighted by atomic mass is 10.2. The number of carbonyl (C=O) groups is 1. The number of carbonyl (C=O) groups excluding carboxylic acids is 1. The largest absolute Gasteiger partial charge is 0.495 e. The van der Waals surface area contributed by atoms with E-state index >= 15 is 0 Å². The Labute approximate surface area is 131 Å². The Kier molecular flexibility index (Phi) is 4.85. The van der Waals surface area contributed by atoms with Crippen LogP contribution in [0.1, 0.15) is 10.5 Å². The van der Waals surface area contributed by atoms with Gasteiger partial charge in [-0.1, -0.05) is 23.2 Å². The summed E-state index contributed by atoms with van der Waals surface area (Å²) in [5, 5.41) is 3.24. The van der Waals surface area contributed by atoms with E-state index in [1.807, 2.05) is 0 Å². The standard InChI is InChI=1S/C13H12Cl2N4O2/c1-21-10-4-2-7(6-9(10)15)17-13(20)12-8(14)3-5-11(18-12)19-16/h2-6H,16H2,1H3,(H,17,20)(H,18,19). The number of anilines is 2. The van der Waals surface area contributed by atoms with Crippen LogP contribution in [0.3, 0.4) is 0 Å². The molecule has 4 N–H and O–H groups in total. The molecule has 1 amide bonds. The van der Waals surface area contributed by atoms with E-state index in [9.17, 15) is 4.79 Å². The number of hydrogen-bond acceptors (Lipinski definition) is 5. The topological polar surface area (TPSA) is 89.3 Å². The van der Waals surface area contributed by atoms with Crippen molar-refractivity contribution in [3.05, 3.63) is 46.1 Å². The zero-order chi connectivity index (χ0) is 15.4. The highest BCUT2D eigenvalue weighted by Gasteiger charge is 2.14. The van der Waals surface area contributed by atoms with Crippen molar-refractivity contribution in [1.82, 2.24) is 4.98 Å². The molecule has 0 bridgehead atoms. The zero-order valence-corrected chi connectivity index (χ0v) is 12.5. The predicted octanol–water partition coefficient (Wildman–Crippen LogP) is 2.93. The van der Waals surface area contributed by atoms with Gasteiger partial charge in [-0.25, -0.2) is 10.8 Å². The first-order valence-corrected chi connectivity index (χ1v) is 6.58. The van der Waals surface area contributed by atoms with Gasteiger partial charge in [0.2, 0.25) is 0 Å². The van der Waals surface area contributed by atoms with Crippen molar-refractivity contribution in [3.8, 4) is 5.75 Å². The summed E-state index contributed by atoms with van der Waals surface area (Å²) in [6.45, 7) is 0. The van der Waals surface area contributed by atoms with Crippen LogP contribution in [0.2, 0.25) is 10.0 Å². The molecule has 0 aliphatic heterocycles. The van der Waals surface area contributed by atoms with Crippen molar-refractivity contribution in [1.29, 1.82) is 0 Å². The minimum atomic E-state index is -0.474. The van der Waals surface area contributed by atoms with E-state index in [0.29, 0.717) is 22.3 Å². The quantitative estimate of drug-likeness (QED) is 0.593. The highest BCUT2D eigenvalue weighted by atomic mass is 35.5. The fourth-order valence-electron chi connectivity index (χ4n) is 1.62. The maximum atomic E-state index is 12.2. The van der Waals surface area contributed by atoms with Gasteiger partial charge in [0.15, 0.2) is 0 Å². The summed E-state index contributed by atoms with van der Waals surface area (Å²) in [4.78, 5) is 16.2. The number of pyridine rings is 1. The van der Waals surface area contributed by atoms with Gasteiger partial charge in [0.05, 0.1) is 17.2 Å². The van der Waals surface area contributed by atoms with Crippen molar-refractivity contribution in [2.75, 3.05) is 17.9 Å². The second kappa shape index (κ2) is 6.62. The first kappa shape index (κ1) is 15.4. The number of nitrogens with zero attached hydrogens (tertiary/aromatic N) is 1. The molecule has 0 saturated heterocycles. The van der Waals surface area contributed by atoms with Crippen LogP contribution in [-0.2, 0) is 0 Å². The van der Waals surface area contributed by atoms with Crippen LogP contribution >= 0.6 is 23.2 Å². The van der Waals surface area contributed by atoms with Crippen LogP contribution in [0.15, 0.2) is 30.3 Å². The Hall–Kier alpha value is -2.02. The van der Waals surface area contributed by atoms with Gasteiger partial charge in [0.25, 0.3) is 5.91 Å². The number of nitrogens with two attached hydrogens (primary N) is 1. The predicted molar refractivity (Wildman–Crippen MR) is 83.0 cm³/mol. The summed E-state index contributed by atoms with van der Waals surface area (Å²) in [7, 11) is 1.51. The van der Waals surface area contributed by atoms with Crippen molar-refractivity contribution >= 4 is 40.6 Å². The molecule has 0 unspecified atom stereocenters. The number of hydrogen-bond donors (Lipinski definition) is 3. The third kappa shape index (κ3) is 3.55. The molecule has 2 aromatic rings. The summed E-state index contributed by atoms with van der Waals surface area (Å²) in [5.74, 6) is 5.63. The van der Waals surface area contributed by atoms with Crippen molar-refractivity contribution < 1.29 is 9.53 Å². The molecule has 0 atom stereocenters. The number of rotatable bonds is 4. The number of nitrogen functional groups attached to an aromatic ring is 1. The summed E-state index contributed by atoms with van der Waals surface area (Å²) in [5.41, 5.74) is 2.90. The molecule has 110 valence electrons. The maximum Gasteiger partial charge on any atom is 0.275 e. The van der Waals surface area contributed by atoms with Crippen molar-refractivity contribution in [2.45, 2.75) is 0 Å². The number of halogens is 2. The van der Waals surface area contributed by atoms with E-state index in [-0.39, 0.29) is 10.7 Å². The van der Waals surface area contributed by atoms with Gasteiger partial charge >= 0.3 is 0 Å². The van der Waals surface area contributed by atoms with Crippen LogP contribution in [0, 0.1) is 0 Å². The number of amides is 1. The average molecular weight is 327 g/mol. The van der Waals surface area contributed by atoms with E-state index < -0.39 is 5.91 Å². The lowest BCUT2D eigenvalue weighted by Crippen LogP contribution is -2.16. The molecule has 0 aliphatic carbocycles. The van der Waals surface area contributed by atoms with E-state index in [0.717, 1.165) is 0 Å². The Morgan fingerprint density at radius 1 is 1.24 bits per heavy atom. The van der Waals surface area contributed by atoms with Crippen LogP contribution < -0.4 is 21.3 Å². The summed E-state index contributed by atoms with van der Waals surface area (Å²) in [6, 6.07) is 7.95. The van der Waals surface area contributed by atoms with E-state index in [2.05, 4.69) is 15.7 Å². The molecule has 0 radical (unpaired) electrons. The van der Waals surface area contributed by atoms with Gasteiger partial charge in [0.1, 0.15) is 17.3 Å². The molecule has 8 heteroatoms. The van der Waals surface area contributed by atoms with Crippen LogP contribution in [0.5, 0.6) is 5.75 Å². The maximum absolute atomic E-state index is 12.2. The number of ether oxygens (including phenoxy) is 1. The molecule has 1 aromatic carbocycles. The first-order chi connectivity index (χ1) is 10.0. The smallest absolute Gasteiger partial charge is 0.275 e. The van der Waals surface area contributed by atoms with Crippen LogP contribution in [0.4, 0.5) is 11.5 Å². The summed E-state index contributed by atoms with van der Waals surface area (Å²) >= 11 is 11.9. The van der Waals surface area contributed by atoms with Gasteiger partial charge in [0, 0.05) is 5.69 Å². The van der Waals surface area contributed by atoms with E-state index in [1.165, 1.54) is 13.2 Å². The Balaban J connectivity index is 2.23. The first-order valence-electron chi connectivity index (χ1n) is 5.83. The molecular formula is C13H12Cl2N4O2. The molecule has 1 heterocycles. The monoisotopic (exact) mass is 326 g/mol. The molecule has 6 nitrogen and oxygen atoms in total. The van der Waals surface area contributed by atoms with Gasteiger partial charge in [-0.3, -0.25) is 4.79 Å². The van der Waals surface area contributed by atoms with E-state index in [4.69, 9.17) is 33.8 Å². The second-order valence-corrected chi connectivity index (χ2v) is 4.79. The normalized spacial score (nSPS) is 10.1. The van der Waals surface area contributed by atoms with Gasteiger partial charge < -0.3 is 15.5 Å². The van der Waals surface area contributed by atoms with Crippen LogP contribution in [0.25, 0.3) is 0 Å².